The fourth-order valence-corrected chi connectivity index (χ4v) is 4.49. The van der Waals surface area contributed by atoms with Crippen molar-refractivity contribution in [1.82, 2.24) is 25.7 Å². The number of nitrogens with one attached hydrogen (secondary N) is 2. The van der Waals surface area contributed by atoms with Crippen molar-refractivity contribution in [2.75, 3.05) is 44.4 Å². The van der Waals surface area contributed by atoms with E-state index in [1.54, 1.807) is 6.92 Å². The molecule has 0 bridgehead atoms. The van der Waals surface area contributed by atoms with Gasteiger partial charge in [-0.25, -0.2) is 4.79 Å². The van der Waals surface area contributed by atoms with Gasteiger partial charge in [0.05, 0.1) is 19.8 Å². The number of aryl methyl sites for hydroxylation is 1. The molecule has 1 atom stereocenters. The first kappa shape index (κ1) is 16.5. The van der Waals surface area contributed by atoms with E-state index in [0.29, 0.717) is 18.3 Å². The Morgan fingerprint density at radius 3 is 2.87 bits per heavy atom. The summed E-state index contributed by atoms with van der Waals surface area (Å²) in [4.78, 5) is 18.6. The van der Waals surface area contributed by atoms with Crippen molar-refractivity contribution in [1.29, 1.82) is 0 Å². The van der Waals surface area contributed by atoms with Gasteiger partial charge in [-0.05, 0) is 19.1 Å². The maximum Gasteiger partial charge on any atom is 0.315 e. The average Bonchev–Trinajstić information content (AvgIpc) is 3.22. The molecule has 2 N–H and O–H groups in total. The van der Waals surface area contributed by atoms with Gasteiger partial charge >= 0.3 is 6.03 Å². The lowest BCUT2D eigenvalue weighted by molar-refractivity contribution is -0.0124. The van der Waals surface area contributed by atoms with Crippen LogP contribution >= 0.6 is 11.8 Å². The van der Waals surface area contributed by atoms with Gasteiger partial charge in [0, 0.05) is 30.9 Å². The van der Waals surface area contributed by atoms with Crippen LogP contribution in [-0.4, -0.2) is 71.0 Å². The Morgan fingerprint density at radius 1 is 1.39 bits per heavy atom. The monoisotopic (exact) mass is 341 g/mol. The Balaban J connectivity index is 1.49. The number of morpholine rings is 1. The molecule has 2 fully saturated rings. The Bertz CT molecular complexity index is 526. The summed E-state index contributed by atoms with van der Waals surface area (Å²) >= 11 is 1.95. The summed E-state index contributed by atoms with van der Waals surface area (Å²) in [5.41, 5.74) is 0.0485. The maximum absolute atomic E-state index is 12.0. The lowest BCUT2D eigenvalue weighted by Crippen LogP contribution is -2.59. The molecule has 1 aromatic rings. The molecule has 2 aliphatic heterocycles. The van der Waals surface area contributed by atoms with E-state index in [9.17, 15) is 4.79 Å². The van der Waals surface area contributed by atoms with Gasteiger partial charge in [-0.2, -0.15) is 16.7 Å². The number of ether oxygens (including phenoxy) is 1. The zero-order valence-electron chi connectivity index (χ0n) is 13.3. The fourth-order valence-electron chi connectivity index (χ4n) is 3.01. The highest BCUT2D eigenvalue weighted by molar-refractivity contribution is 7.99. The van der Waals surface area contributed by atoms with Gasteiger partial charge in [0.1, 0.15) is 0 Å². The van der Waals surface area contributed by atoms with E-state index in [0.717, 1.165) is 44.2 Å². The van der Waals surface area contributed by atoms with Crippen LogP contribution in [0.2, 0.25) is 0 Å². The van der Waals surface area contributed by atoms with Crippen LogP contribution in [0.25, 0.3) is 0 Å². The SMILES string of the molecule is Cc1noc(CNC(=O)NC[C@]2(N3CCOCC3)CCSC2)n1. The molecule has 1 aromatic heterocycles. The first-order valence-electron chi connectivity index (χ1n) is 7.89. The normalized spacial score (nSPS) is 25.4. The minimum absolute atomic E-state index is 0.0485. The molecule has 3 rings (SSSR count). The molecule has 0 aliphatic carbocycles. The molecule has 8 nitrogen and oxygen atoms in total. The number of thioether (sulfide) groups is 1. The van der Waals surface area contributed by atoms with Crippen LogP contribution in [0.3, 0.4) is 0 Å². The van der Waals surface area contributed by atoms with Gasteiger partial charge in [-0.1, -0.05) is 5.16 Å². The summed E-state index contributed by atoms with van der Waals surface area (Å²) in [6.07, 6.45) is 1.10. The van der Waals surface area contributed by atoms with Gasteiger partial charge in [-0.15, -0.1) is 0 Å². The zero-order chi connectivity index (χ0) is 16.1. The number of amides is 2. The maximum atomic E-state index is 12.0. The van der Waals surface area contributed by atoms with Crippen molar-refractivity contribution in [2.45, 2.75) is 25.4 Å². The van der Waals surface area contributed by atoms with Gasteiger partial charge in [0.25, 0.3) is 0 Å². The Kier molecular flexibility index (Phi) is 5.39. The van der Waals surface area contributed by atoms with E-state index in [1.807, 2.05) is 11.8 Å². The molecule has 0 unspecified atom stereocenters. The van der Waals surface area contributed by atoms with Crippen LogP contribution < -0.4 is 10.6 Å². The Morgan fingerprint density at radius 2 is 2.22 bits per heavy atom. The van der Waals surface area contributed by atoms with Crippen molar-refractivity contribution >= 4 is 17.8 Å². The molecule has 0 aromatic carbocycles. The van der Waals surface area contributed by atoms with Crippen LogP contribution in [0.5, 0.6) is 0 Å². The highest BCUT2D eigenvalue weighted by atomic mass is 32.2. The third-order valence-corrected chi connectivity index (χ3v) is 5.55. The molecule has 9 heteroatoms. The smallest absolute Gasteiger partial charge is 0.315 e. The van der Waals surface area contributed by atoms with Gasteiger partial charge in [-0.3, -0.25) is 4.90 Å². The number of hydrogen-bond donors (Lipinski definition) is 2. The molecule has 0 radical (unpaired) electrons. The van der Waals surface area contributed by atoms with Crippen molar-refractivity contribution in [3.05, 3.63) is 11.7 Å². The first-order chi connectivity index (χ1) is 11.2. The fraction of sp³-hybridized carbons (Fsp3) is 0.786. The molecule has 2 saturated heterocycles. The molecule has 0 saturated carbocycles. The minimum atomic E-state index is -0.203. The molecular weight excluding hydrogens is 318 g/mol. The highest BCUT2D eigenvalue weighted by Gasteiger charge is 2.40. The van der Waals surface area contributed by atoms with Gasteiger partial charge in [0.15, 0.2) is 5.82 Å². The molecule has 23 heavy (non-hydrogen) atoms. The summed E-state index contributed by atoms with van der Waals surface area (Å²) in [6.45, 7) is 6.05. The second-order valence-corrected chi connectivity index (χ2v) is 7.00. The van der Waals surface area contributed by atoms with Crippen molar-refractivity contribution in [3.63, 3.8) is 0 Å². The number of nitrogens with zero attached hydrogens (tertiary/aromatic N) is 3. The Labute approximate surface area is 139 Å². The largest absolute Gasteiger partial charge is 0.379 e. The highest BCUT2D eigenvalue weighted by Crippen LogP contribution is 2.33. The van der Waals surface area contributed by atoms with E-state index in [2.05, 4.69) is 25.7 Å². The van der Waals surface area contributed by atoms with E-state index in [1.165, 1.54) is 0 Å². The van der Waals surface area contributed by atoms with Crippen molar-refractivity contribution < 1.29 is 14.1 Å². The lowest BCUT2D eigenvalue weighted by atomic mass is 9.95. The molecule has 2 amide bonds. The van der Waals surface area contributed by atoms with E-state index < -0.39 is 0 Å². The summed E-state index contributed by atoms with van der Waals surface area (Å²) in [5.74, 6) is 3.17. The summed E-state index contributed by atoms with van der Waals surface area (Å²) in [6, 6.07) is -0.203. The zero-order valence-corrected chi connectivity index (χ0v) is 14.2. The number of urea groups is 1. The number of rotatable bonds is 5. The molecular formula is C14H23N5O3S. The number of carbonyl (C=O) groups is 1. The molecule has 2 aliphatic rings. The van der Waals surface area contributed by atoms with Crippen LogP contribution in [0.4, 0.5) is 4.79 Å². The second-order valence-electron chi connectivity index (χ2n) is 5.90. The average molecular weight is 341 g/mol. The number of aromatic nitrogens is 2. The molecule has 0 spiro atoms. The predicted octanol–water partition coefficient (Wildman–Crippen LogP) is 0.385. The van der Waals surface area contributed by atoms with Crippen molar-refractivity contribution in [2.24, 2.45) is 0 Å². The molecule has 3 heterocycles. The third-order valence-electron chi connectivity index (χ3n) is 4.31. The first-order valence-corrected chi connectivity index (χ1v) is 9.05. The van der Waals surface area contributed by atoms with E-state index in [4.69, 9.17) is 9.26 Å². The summed E-state index contributed by atoms with van der Waals surface area (Å²) in [5, 5.41) is 9.46. The Hall–Kier alpha value is -1.32. The van der Waals surface area contributed by atoms with Crippen LogP contribution in [0.15, 0.2) is 4.52 Å². The third kappa shape index (κ3) is 4.15. The van der Waals surface area contributed by atoms with E-state index >= 15 is 0 Å². The molecule has 128 valence electrons. The second kappa shape index (κ2) is 7.50. The summed E-state index contributed by atoms with van der Waals surface area (Å²) < 4.78 is 10.4. The van der Waals surface area contributed by atoms with Gasteiger partial charge < -0.3 is 19.9 Å². The minimum Gasteiger partial charge on any atom is -0.379 e. The lowest BCUT2D eigenvalue weighted by Gasteiger charge is -2.43. The van der Waals surface area contributed by atoms with Crippen molar-refractivity contribution in [3.8, 4) is 0 Å². The quantitative estimate of drug-likeness (QED) is 0.800. The van der Waals surface area contributed by atoms with Crippen LogP contribution in [0, 0.1) is 6.92 Å². The van der Waals surface area contributed by atoms with Crippen LogP contribution in [-0.2, 0) is 11.3 Å². The van der Waals surface area contributed by atoms with E-state index in [-0.39, 0.29) is 18.1 Å². The number of carbonyl (C=O) groups excluding carboxylic acids is 1. The predicted molar refractivity (Wildman–Crippen MR) is 86.3 cm³/mol. The topological polar surface area (TPSA) is 92.5 Å². The van der Waals surface area contributed by atoms with Gasteiger partial charge in [0.2, 0.25) is 5.89 Å². The van der Waals surface area contributed by atoms with Crippen LogP contribution in [0.1, 0.15) is 18.1 Å². The summed E-state index contributed by atoms with van der Waals surface area (Å²) in [7, 11) is 0. The number of hydrogen-bond acceptors (Lipinski definition) is 7. The standard InChI is InChI=1S/C14H23N5O3S/c1-11-17-12(22-18-11)8-15-13(20)16-9-14(2-7-23-10-14)19-3-5-21-6-4-19/h2-10H2,1H3,(H2,15,16,20)/t14-/m1/s1.